The summed E-state index contributed by atoms with van der Waals surface area (Å²) in [5.41, 5.74) is 3.28. The van der Waals surface area contributed by atoms with Gasteiger partial charge in [-0.15, -0.1) is 0 Å². The first-order chi connectivity index (χ1) is 7.26. The molecule has 0 saturated heterocycles. The lowest BCUT2D eigenvalue weighted by Gasteiger charge is -2.28. The van der Waals surface area contributed by atoms with Gasteiger partial charge in [-0.05, 0) is 37.1 Å². The number of hydrogen-bond acceptors (Lipinski definition) is 1. The van der Waals surface area contributed by atoms with E-state index >= 15 is 0 Å². The largest absolute Gasteiger partial charge is 0.478 e. The van der Waals surface area contributed by atoms with E-state index < -0.39 is 5.97 Å². The molecule has 0 fully saturated rings. The third kappa shape index (κ3) is 2.16. The van der Waals surface area contributed by atoms with E-state index in [1.807, 2.05) is 19.9 Å². The van der Waals surface area contributed by atoms with Crippen LogP contribution in [0.1, 0.15) is 42.3 Å². The van der Waals surface area contributed by atoms with Gasteiger partial charge in [0.2, 0.25) is 0 Å². The Balaban J connectivity index is 3.38. The minimum Gasteiger partial charge on any atom is -0.478 e. The van der Waals surface area contributed by atoms with Gasteiger partial charge >= 0.3 is 5.97 Å². The number of allylic oxidation sites excluding steroid dienone is 1. The molecule has 86 valence electrons. The molecule has 0 heterocycles. The standard InChI is InChI=1S/C14H18O2/c1-9(2)14(4,5)12-8-11(13(15)16)7-6-10(12)3/h6-8H,1H2,2-5H3,(H,15,16). The SMILES string of the molecule is C=C(C)C(C)(C)c1cc(C(=O)O)ccc1C. The van der Waals surface area contributed by atoms with Gasteiger partial charge in [0, 0.05) is 5.41 Å². The molecular weight excluding hydrogens is 200 g/mol. The summed E-state index contributed by atoms with van der Waals surface area (Å²) in [6, 6.07) is 5.23. The Kier molecular flexibility index (Phi) is 3.22. The average Bonchev–Trinajstić information content (AvgIpc) is 2.17. The Bertz CT molecular complexity index is 442. The topological polar surface area (TPSA) is 37.3 Å². The van der Waals surface area contributed by atoms with Gasteiger partial charge in [0.25, 0.3) is 0 Å². The Morgan fingerprint density at radius 1 is 1.38 bits per heavy atom. The van der Waals surface area contributed by atoms with Crippen molar-refractivity contribution < 1.29 is 9.90 Å². The number of carboxylic acid groups (broad SMARTS) is 1. The predicted molar refractivity (Wildman–Crippen MR) is 66.0 cm³/mol. The predicted octanol–water partition coefficient (Wildman–Crippen LogP) is 3.55. The molecule has 0 aliphatic heterocycles. The van der Waals surface area contributed by atoms with Crippen molar-refractivity contribution in [2.45, 2.75) is 33.1 Å². The highest BCUT2D eigenvalue weighted by Crippen LogP contribution is 2.32. The molecule has 2 nitrogen and oxygen atoms in total. The third-order valence-electron chi connectivity index (χ3n) is 3.22. The summed E-state index contributed by atoms with van der Waals surface area (Å²) in [7, 11) is 0. The Labute approximate surface area is 96.6 Å². The fourth-order valence-electron chi connectivity index (χ4n) is 1.66. The summed E-state index contributed by atoms with van der Waals surface area (Å²) in [6.07, 6.45) is 0. The highest BCUT2D eigenvalue weighted by atomic mass is 16.4. The molecule has 0 atom stereocenters. The molecule has 1 rings (SSSR count). The monoisotopic (exact) mass is 218 g/mol. The zero-order valence-electron chi connectivity index (χ0n) is 10.3. The molecular formula is C14H18O2. The maximum Gasteiger partial charge on any atom is 0.335 e. The van der Waals surface area contributed by atoms with Crippen molar-refractivity contribution in [2.24, 2.45) is 0 Å². The fourth-order valence-corrected chi connectivity index (χ4v) is 1.66. The molecule has 0 unspecified atom stereocenters. The van der Waals surface area contributed by atoms with E-state index in [0.29, 0.717) is 5.56 Å². The van der Waals surface area contributed by atoms with E-state index in [-0.39, 0.29) is 5.41 Å². The quantitative estimate of drug-likeness (QED) is 0.788. The smallest absolute Gasteiger partial charge is 0.335 e. The van der Waals surface area contributed by atoms with Crippen LogP contribution in [0.2, 0.25) is 0 Å². The van der Waals surface area contributed by atoms with E-state index in [2.05, 4.69) is 20.4 Å². The first kappa shape index (κ1) is 12.5. The molecule has 0 aliphatic rings. The normalized spacial score (nSPS) is 11.2. The molecule has 0 saturated carbocycles. The van der Waals surface area contributed by atoms with Gasteiger partial charge < -0.3 is 5.11 Å². The highest BCUT2D eigenvalue weighted by molar-refractivity contribution is 5.88. The number of hydrogen-bond donors (Lipinski definition) is 1. The second kappa shape index (κ2) is 4.12. The van der Waals surface area contributed by atoms with Crippen LogP contribution in [-0.2, 0) is 5.41 Å². The van der Waals surface area contributed by atoms with Crippen LogP contribution in [0, 0.1) is 6.92 Å². The van der Waals surface area contributed by atoms with Gasteiger partial charge in [0.15, 0.2) is 0 Å². The van der Waals surface area contributed by atoms with Crippen LogP contribution < -0.4 is 0 Å². The first-order valence-electron chi connectivity index (χ1n) is 5.27. The van der Waals surface area contributed by atoms with Gasteiger partial charge in [0.05, 0.1) is 5.56 Å². The molecule has 1 N–H and O–H groups in total. The zero-order valence-corrected chi connectivity index (χ0v) is 10.3. The lowest BCUT2D eigenvalue weighted by Crippen LogP contribution is -2.20. The summed E-state index contributed by atoms with van der Waals surface area (Å²) >= 11 is 0. The number of carboxylic acids is 1. The van der Waals surface area contributed by atoms with Gasteiger partial charge in [-0.25, -0.2) is 4.79 Å². The minimum atomic E-state index is -0.890. The Hall–Kier alpha value is -1.57. The summed E-state index contributed by atoms with van der Waals surface area (Å²) < 4.78 is 0. The van der Waals surface area contributed by atoms with E-state index in [1.54, 1.807) is 12.1 Å². The molecule has 0 radical (unpaired) electrons. The number of aromatic carboxylic acids is 1. The number of carbonyl (C=O) groups is 1. The second-order valence-electron chi connectivity index (χ2n) is 4.74. The lowest BCUT2D eigenvalue weighted by molar-refractivity contribution is 0.0696. The molecule has 0 spiro atoms. The molecule has 0 aliphatic carbocycles. The van der Waals surface area contributed by atoms with Crippen molar-refractivity contribution in [3.63, 3.8) is 0 Å². The van der Waals surface area contributed by atoms with Crippen LogP contribution in [0.3, 0.4) is 0 Å². The van der Waals surface area contributed by atoms with Crippen molar-refractivity contribution >= 4 is 5.97 Å². The maximum atomic E-state index is 10.9. The number of aryl methyl sites for hydroxylation is 1. The Morgan fingerprint density at radius 3 is 2.38 bits per heavy atom. The number of benzene rings is 1. The fraction of sp³-hybridized carbons (Fsp3) is 0.357. The Morgan fingerprint density at radius 2 is 1.94 bits per heavy atom. The minimum absolute atomic E-state index is 0.199. The van der Waals surface area contributed by atoms with Crippen LogP contribution in [0.25, 0.3) is 0 Å². The van der Waals surface area contributed by atoms with Gasteiger partial charge in [0.1, 0.15) is 0 Å². The van der Waals surface area contributed by atoms with Crippen molar-refractivity contribution in [2.75, 3.05) is 0 Å². The van der Waals surface area contributed by atoms with Gasteiger partial charge in [-0.1, -0.05) is 32.1 Å². The van der Waals surface area contributed by atoms with Crippen LogP contribution in [0.4, 0.5) is 0 Å². The summed E-state index contributed by atoms with van der Waals surface area (Å²) in [5.74, 6) is -0.890. The van der Waals surface area contributed by atoms with E-state index in [4.69, 9.17) is 5.11 Å². The van der Waals surface area contributed by atoms with Crippen LogP contribution >= 0.6 is 0 Å². The summed E-state index contributed by atoms with van der Waals surface area (Å²) in [6.45, 7) is 12.0. The van der Waals surface area contributed by atoms with E-state index in [1.165, 1.54) is 0 Å². The highest BCUT2D eigenvalue weighted by Gasteiger charge is 2.24. The molecule has 0 amide bonds. The van der Waals surface area contributed by atoms with Gasteiger partial charge in [-0.3, -0.25) is 0 Å². The van der Waals surface area contributed by atoms with E-state index in [0.717, 1.165) is 16.7 Å². The van der Waals surface area contributed by atoms with Crippen LogP contribution in [0.15, 0.2) is 30.4 Å². The summed E-state index contributed by atoms with van der Waals surface area (Å²) in [5, 5.41) is 8.98. The van der Waals surface area contributed by atoms with Crippen LogP contribution in [-0.4, -0.2) is 11.1 Å². The maximum absolute atomic E-state index is 10.9. The first-order valence-corrected chi connectivity index (χ1v) is 5.27. The lowest BCUT2D eigenvalue weighted by atomic mass is 9.76. The average molecular weight is 218 g/mol. The van der Waals surface area contributed by atoms with E-state index in [9.17, 15) is 4.79 Å². The molecule has 2 heteroatoms. The second-order valence-corrected chi connectivity index (χ2v) is 4.74. The summed E-state index contributed by atoms with van der Waals surface area (Å²) in [4.78, 5) is 10.9. The third-order valence-corrected chi connectivity index (χ3v) is 3.22. The molecule has 0 bridgehead atoms. The van der Waals surface area contributed by atoms with Crippen molar-refractivity contribution in [3.05, 3.63) is 47.0 Å². The zero-order chi connectivity index (χ0) is 12.5. The number of rotatable bonds is 3. The molecule has 1 aromatic rings. The molecule has 16 heavy (non-hydrogen) atoms. The van der Waals surface area contributed by atoms with Crippen LogP contribution in [0.5, 0.6) is 0 Å². The van der Waals surface area contributed by atoms with Crippen molar-refractivity contribution in [1.29, 1.82) is 0 Å². The molecule has 0 aromatic heterocycles. The van der Waals surface area contributed by atoms with Crippen molar-refractivity contribution in [1.82, 2.24) is 0 Å². The van der Waals surface area contributed by atoms with Crippen molar-refractivity contribution in [3.8, 4) is 0 Å². The van der Waals surface area contributed by atoms with Gasteiger partial charge in [-0.2, -0.15) is 0 Å². The molecule has 1 aromatic carbocycles.